The maximum Gasteiger partial charge on any atom is 0.226 e. The Kier molecular flexibility index (Phi) is 6.51. The molecule has 0 unspecified atom stereocenters. The number of rotatable bonds is 7. The van der Waals surface area contributed by atoms with E-state index < -0.39 is 5.82 Å². The lowest BCUT2D eigenvalue weighted by Crippen LogP contribution is -2.25. The Morgan fingerprint density at radius 3 is 2.47 bits per heavy atom. The molecule has 0 saturated carbocycles. The predicted molar refractivity (Wildman–Crippen MR) is 115 cm³/mol. The molecule has 30 heavy (non-hydrogen) atoms. The molecule has 3 rings (SSSR count). The van der Waals surface area contributed by atoms with Gasteiger partial charge in [-0.05, 0) is 48.4 Å². The minimum absolute atomic E-state index is 0.0543. The standard InChI is InChI=1S/C23H23FN4O2/c1-3-23(30)28(2)17-7-8-18(19(24)12-17)20-9-6-16(14-26-20)21(29)10-4-15-5-11-22(25)27-13-15/h5-9,11-14H,3-4,10H2,1-2H3,(H2,25,27). The fourth-order valence-electron chi connectivity index (χ4n) is 3.01. The Bertz CT molecular complexity index is 1050. The molecular weight excluding hydrogens is 383 g/mol. The highest BCUT2D eigenvalue weighted by molar-refractivity contribution is 5.96. The zero-order valence-corrected chi connectivity index (χ0v) is 16.9. The summed E-state index contributed by atoms with van der Waals surface area (Å²) in [5, 5.41) is 0. The fourth-order valence-corrected chi connectivity index (χ4v) is 3.01. The molecule has 3 aromatic rings. The van der Waals surface area contributed by atoms with Gasteiger partial charge in [-0.2, -0.15) is 0 Å². The summed E-state index contributed by atoms with van der Waals surface area (Å²) in [4.78, 5) is 33.9. The van der Waals surface area contributed by atoms with Gasteiger partial charge >= 0.3 is 0 Å². The molecule has 6 nitrogen and oxygen atoms in total. The van der Waals surface area contributed by atoms with Gasteiger partial charge in [0.25, 0.3) is 0 Å². The number of anilines is 2. The molecule has 2 aromatic heterocycles. The van der Waals surface area contributed by atoms with E-state index in [9.17, 15) is 14.0 Å². The maximum absolute atomic E-state index is 14.6. The predicted octanol–water partition coefficient (Wildman–Crippen LogP) is 4.05. The van der Waals surface area contributed by atoms with E-state index in [2.05, 4.69) is 9.97 Å². The van der Waals surface area contributed by atoms with Crippen LogP contribution in [-0.2, 0) is 11.2 Å². The summed E-state index contributed by atoms with van der Waals surface area (Å²) in [6.07, 6.45) is 4.31. The van der Waals surface area contributed by atoms with Crippen molar-refractivity contribution in [3.8, 4) is 11.3 Å². The highest BCUT2D eigenvalue weighted by Crippen LogP contribution is 2.26. The molecule has 0 aliphatic rings. The number of nitrogens with two attached hydrogens (primary N) is 1. The van der Waals surface area contributed by atoms with Gasteiger partial charge in [-0.25, -0.2) is 9.37 Å². The number of Topliss-reactive ketones (excluding diaryl/α,β-unsaturated/α-hetero) is 1. The number of carbonyl (C=O) groups is 2. The number of amides is 1. The largest absolute Gasteiger partial charge is 0.384 e. The number of halogens is 1. The zero-order valence-electron chi connectivity index (χ0n) is 16.9. The van der Waals surface area contributed by atoms with Crippen molar-refractivity contribution in [1.29, 1.82) is 0 Å². The van der Waals surface area contributed by atoms with Crippen LogP contribution in [0.15, 0.2) is 54.9 Å². The average molecular weight is 406 g/mol. The van der Waals surface area contributed by atoms with Crippen molar-refractivity contribution in [2.45, 2.75) is 26.2 Å². The van der Waals surface area contributed by atoms with E-state index in [-0.39, 0.29) is 11.7 Å². The van der Waals surface area contributed by atoms with E-state index in [1.807, 2.05) is 6.07 Å². The highest BCUT2D eigenvalue weighted by Gasteiger charge is 2.14. The number of aromatic nitrogens is 2. The van der Waals surface area contributed by atoms with Crippen molar-refractivity contribution < 1.29 is 14.0 Å². The van der Waals surface area contributed by atoms with Crippen LogP contribution < -0.4 is 10.6 Å². The maximum atomic E-state index is 14.6. The molecule has 0 bridgehead atoms. The monoisotopic (exact) mass is 406 g/mol. The molecule has 0 aliphatic heterocycles. The molecule has 154 valence electrons. The summed E-state index contributed by atoms with van der Waals surface area (Å²) in [6, 6.07) is 11.4. The lowest BCUT2D eigenvalue weighted by atomic mass is 10.0. The molecule has 0 spiro atoms. The van der Waals surface area contributed by atoms with Gasteiger partial charge < -0.3 is 10.6 Å². The first-order valence-corrected chi connectivity index (χ1v) is 9.65. The lowest BCUT2D eigenvalue weighted by Gasteiger charge is -2.17. The second-order valence-electron chi connectivity index (χ2n) is 6.92. The minimum Gasteiger partial charge on any atom is -0.384 e. The van der Waals surface area contributed by atoms with Crippen molar-refractivity contribution in [3.63, 3.8) is 0 Å². The van der Waals surface area contributed by atoms with E-state index >= 15 is 0 Å². The molecular formula is C23H23FN4O2. The molecule has 2 N–H and O–H groups in total. The second-order valence-corrected chi connectivity index (χ2v) is 6.92. The number of aryl methyl sites for hydroxylation is 1. The van der Waals surface area contributed by atoms with Crippen LogP contribution in [0.5, 0.6) is 0 Å². The molecule has 0 aliphatic carbocycles. The van der Waals surface area contributed by atoms with E-state index in [1.54, 1.807) is 50.5 Å². The smallest absolute Gasteiger partial charge is 0.226 e. The molecule has 1 aromatic carbocycles. The zero-order chi connectivity index (χ0) is 21.7. The minimum atomic E-state index is -0.481. The third-order valence-electron chi connectivity index (χ3n) is 4.87. The first-order valence-electron chi connectivity index (χ1n) is 9.65. The SMILES string of the molecule is CCC(=O)N(C)c1ccc(-c2ccc(C(=O)CCc3ccc(N)nc3)cn2)c(F)c1. The molecule has 1 amide bonds. The molecule has 0 fully saturated rings. The van der Waals surface area contributed by atoms with Crippen molar-refractivity contribution in [3.05, 3.63) is 71.8 Å². The molecule has 0 atom stereocenters. The summed E-state index contributed by atoms with van der Waals surface area (Å²) in [7, 11) is 1.61. The van der Waals surface area contributed by atoms with Crippen molar-refractivity contribution in [2.75, 3.05) is 17.7 Å². The van der Waals surface area contributed by atoms with Gasteiger partial charge in [-0.3, -0.25) is 14.6 Å². The highest BCUT2D eigenvalue weighted by atomic mass is 19.1. The second kappa shape index (κ2) is 9.26. The van der Waals surface area contributed by atoms with Gasteiger partial charge in [0.15, 0.2) is 5.78 Å². The number of hydrogen-bond donors (Lipinski definition) is 1. The fraction of sp³-hybridized carbons (Fsp3) is 0.217. The molecule has 2 heterocycles. The van der Waals surface area contributed by atoms with Crippen LogP contribution in [0, 0.1) is 5.82 Å². The summed E-state index contributed by atoms with van der Waals surface area (Å²) < 4.78 is 14.6. The number of pyridine rings is 2. The summed E-state index contributed by atoms with van der Waals surface area (Å²) >= 11 is 0. The van der Waals surface area contributed by atoms with Gasteiger partial charge in [0, 0.05) is 49.1 Å². The Morgan fingerprint density at radius 2 is 1.87 bits per heavy atom. The molecule has 0 saturated heterocycles. The third-order valence-corrected chi connectivity index (χ3v) is 4.87. The van der Waals surface area contributed by atoms with Crippen LogP contribution in [-0.4, -0.2) is 28.7 Å². The van der Waals surface area contributed by atoms with Gasteiger partial charge in [-0.15, -0.1) is 0 Å². The van der Waals surface area contributed by atoms with Crippen molar-refractivity contribution in [2.24, 2.45) is 0 Å². The molecule has 7 heteroatoms. The van der Waals surface area contributed by atoms with Gasteiger partial charge in [0.1, 0.15) is 11.6 Å². The Hall–Kier alpha value is -3.61. The van der Waals surface area contributed by atoms with E-state index in [0.717, 1.165) is 5.56 Å². The van der Waals surface area contributed by atoms with E-state index in [1.165, 1.54) is 17.2 Å². The van der Waals surface area contributed by atoms with Crippen molar-refractivity contribution >= 4 is 23.2 Å². The van der Waals surface area contributed by atoms with Crippen LogP contribution in [0.4, 0.5) is 15.9 Å². The topological polar surface area (TPSA) is 89.2 Å². The number of ketones is 1. The van der Waals surface area contributed by atoms with Crippen LogP contribution in [0.2, 0.25) is 0 Å². The Balaban J connectivity index is 1.69. The van der Waals surface area contributed by atoms with Gasteiger partial charge in [0.05, 0.1) is 5.69 Å². The van der Waals surface area contributed by atoms with Crippen LogP contribution in [0.3, 0.4) is 0 Å². The van der Waals surface area contributed by atoms with Gasteiger partial charge in [0.2, 0.25) is 5.91 Å². The first-order chi connectivity index (χ1) is 14.4. The Labute approximate surface area is 174 Å². The number of nitrogens with zero attached hydrogens (tertiary/aromatic N) is 3. The average Bonchev–Trinajstić information content (AvgIpc) is 2.77. The number of hydrogen-bond acceptors (Lipinski definition) is 5. The van der Waals surface area contributed by atoms with Crippen LogP contribution >= 0.6 is 0 Å². The number of carbonyl (C=O) groups excluding carboxylic acids is 2. The Morgan fingerprint density at radius 1 is 1.07 bits per heavy atom. The lowest BCUT2D eigenvalue weighted by molar-refractivity contribution is -0.118. The first kappa shape index (κ1) is 21.1. The summed E-state index contributed by atoms with van der Waals surface area (Å²) in [5.41, 5.74) is 8.16. The third kappa shape index (κ3) is 4.86. The van der Waals surface area contributed by atoms with Crippen molar-refractivity contribution in [1.82, 2.24) is 9.97 Å². The molecule has 0 radical (unpaired) electrons. The van der Waals surface area contributed by atoms with E-state index in [0.29, 0.717) is 47.6 Å². The van der Waals surface area contributed by atoms with Gasteiger partial charge in [-0.1, -0.05) is 13.0 Å². The number of benzene rings is 1. The quantitative estimate of drug-likeness (QED) is 0.598. The number of nitrogen functional groups attached to an aromatic ring is 1. The summed E-state index contributed by atoms with van der Waals surface area (Å²) in [5.74, 6) is -0.196. The van der Waals surface area contributed by atoms with E-state index in [4.69, 9.17) is 5.73 Å². The normalized spacial score (nSPS) is 10.6. The van der Waals surface area contributed by atoms with Crippen LogP contribution in [0.25, 0.3) is 11.3 Å². The van der Waals surface area contributed by atoms with Crippen LogP contribution in [0.1, 0.15) is 35.7 Å². The summed E-state index contributed by atoms with van der Waals surface area (Å²) in [6.45, 7) is 1.75.